The van der Waals surface area contributed by atoms with Gasteiger partial charge in [-0.3, -0.25) is 4.99 Å². The number of rotatable bonds is 2. The number of amidine groups is 1. The van der Waals surface area contributed by atoms with E-state index in [2.05, 4.69) is 41.5 Å². The summed E-state index contributed by atoms with van der Waals surface area (Å²) in [6.45, 7) is 4.10. The molecule has 2 nitrogen and oxygen atoms in total. The third-order valence-electron chi connectivity index (χ3n) is 3.48. The molecule has 0 amide bonds. The highest BCUT2D eigenvalue weighted by Crippen LogP contribution is 2.49. The summed E-state index contributed by atoms with van der Waals surface area (Å²) in [4.78, 5) is 4.57. The van der Waals surface area contributed by atoms with Crippen molar-refractivity contribution in [1.29, 1.82) is 0 Å². The standard InChI is InChI=1S/C13H16N2/c1-10-2-4-11(5-3-10)13(6-7-13)12-14-8-9-15-12/h2-5H,6-9H2,1H3,(H,14,15). The van der Waals surface area contributed by atoms with Crippen molar-refractivity contribution in [3.05, 3.63) is 35.4 Å². The maximum absolute atomic E-state index is 4.57. The van der Waals surface area contributed by atoms with Gasteiger partial charge in [0.25, 0.3) is 0 Å². The molecule has 1 aliphatic carbocycles. The first-order valence-electron chi connectivity index (χ1n) is 5.67. The molecule has 2 heteroatoms. The maximum atomic E-state index is 4.57. The molecule has 0 atom stereocenters. The van der Waals surface area contributed by atoms with Gasteiger partial charge in [0.15, 0.2) is 0 Å². The Morgan fingerprint density at radius 2 is 1.93 bits per heavy atom. The third-order valence-corrected chi connectivity index (χ3v) is 3.48. The summed E-state index contributed by atoms with van der Waals surface area (Å²) in [5, 5.41) is 3.42. The fraction of sp³-hybridized carbons (Fsp3) is 0.462. The minimum absolute atomic E-state index is 0.254. The largest absolute Gasteiger partial charge is 0.371 e. The Hall–Kier alpha value is -1.31. The van der Waals surface area contributed by atoms with Crippen molar-refractivity contribution in [2.75, 3.05) is 13.1 Å². The Kier molecular flexibility index (Phi) is 1.84. The predicted octanol–water partition coefficient (Wildman–Crippen LogP) is 2.03. The normalized spacial score (nSPS) is 22.1. The van der Waals surface area contributed by atoms with E-state index in [0.29, 0.717) is 0 Å². The Labute approximate surface area is 90.4 Å². The second-order valence-corrected chi connectivity index (χ2v) is 4.61. The zero-order valence-electron chi connectivity index (χ0n) is 9.09. The van der Waals surface area contributed by atoms with Crippen LogP contribution in [0.4, 0.5) is 0 Å². The summed E-state index contributed by atoms with van der Waals surface area (Å²) in [6.07, 6.45) is 2.50. The highest BCUT2D eigenvalue weighted by molar-refractivity contribution is 5.96. The first-order valence-corrected chi connectivity index (χ1v) is 5.67. The van der Waals surface area contributed by atoms with E-state index >= 15 is 0 Å². The summed E-state index contributed by atoms with van der Waals surface area (Å²) >= 11 is 0. The van der Waals surface area contributed by atoms with Gasteiger partial charge < -0.3 is 5.32 Å². The van der Waals surface area contributed by atoms with Crippen LogP contribution in [0.3, 0.4) is 0 Å². The second-order valence-electron chi connectivity index (χ2n) is 4.61. The molecule has 1 fully saturated rings. The summed E-state index contributed by atoms with van der Waals surface area (Å²) in [6, 6.07) is 8.91. The van der Waals surface area contributed by atoms with Crippen molar-refractivity contribution in [3.8, 4) is 0 Å². The average Bonchev–Trinajstić information content (AvgIpc) is 2.88. The van der Waals surface area contributed by atoms with Gasteiger partial charge in [-0.1, -0.05) is 29.8 Å². The second kappa shape index (κ2) is 3.09. The number of aliphatic imine (C=N–C) groups is 1. The van der Waals surface area contributed by atoms with Crippen LogP contribution in [-0.2, 0) is 5.41 Å². The van der Waals surface area contributed by atoms with E-state index in [0.717, 1.165) is 13.1 Å². The van der Waals surface area contributed by atoms with Gasteiger partial charge in [0.1, 0.15) is 5.84 Å². The molecule has 0 unspecified atom stereocenters. The number of hydrogen-bond acceptors (Lipinski definition) is 2. The van der Waals surface area contributed by atoms with Crippen molar-refractivity contribution in [2.45, 2.75) is 25.2 Å². The minimum atomic E-state index is 0.254. The lowest BCUT2D eigenvalue weighted by molar-refractivity contribution is 0.880. The molecule has 1 N–H and O–H groups in total. The lowest BCUT2D eigenvalue weighted by Crippen LogP contribution is -2.31. The van der Waals surface area contributed by atoms with Gasteiger partial charge >= 0.3 is 0 Å². The lowest BCUT2D eigenvalue weighted by Gasteiger charge is -2.16. The van der Waals surface area contributed by atoms with Gasteiger partial charge in [0.05, 0.1) is 12.0 Å². The predicted molar refractivity (Wildman–Crippen MR) is 62.4 cm³/mol. The Morgan fingerprint density at radius 1 is 1.20 bits per heavy atom. The van der Waals surface area contributed by atoms with Crippen LogP contribution in [0.2, 0.25) is 0 Å². The molecular weight excluding hydrogens is 184 g/mol. The maximum Gasteiger partial charge on any atom is 0.107 e. The summed E-state index contributed by atoms with van der Waals surface area (Å²) in [7, 11) is 0. The van der Waals surface area contributed by atoms with Crippen LogP contribution in [0.15, 0.2) is 29.3 Å². The molecule has 15 heavy (non-hydrogen) atoms. The van der Waals surface area contributed by atoms with E-state index < -0.39 is 0 Å². The van der Waals surface area contributed by atoms with Gasteiger partial charge in [-0.05, 0) is 25.3 Å². The Morgan fingerprint density at radius 3 is 2.47 bits per heavy atom. The van der Waals surface area contributed by atoms with E-state index in [4.69, 9.17) is 0 Å². The molecule has 78 valence electrons. The van der Waals surface area contributed by atoms with E-state index in [1.54, 1.807) is 0 Å². The lowest BCUT2D eigenvalue weighted by atomic mass is 9.94. The molecule has 1 heterocycles. The van der Waals surface area contributed by atoms with E-state index in [1.165, 1.54) is 29.8 Å². The highest BCUT2D eigenvalue weighted by Gasteiger charge is 2.49. The fourth-order valence-corrected chi connectivity index (χ4v) is 2.38. The molecule has 1 aromatic carbocycles. The molecule has 2 aliphatic rings. The van der Waals surface area contributed by atoms with Gasteiger partial charge in [0.2, 0.25) is 0 Å². The molecule has 0 saturated heterocycles. The number of benzene rings is 1. The van der Waals surface area contributed by atoms with Crippen molar-refractivity contribution < 1.29 is 0 Å². The van der Waals surface area contributed by atoms with Crippen LogP contribution in [0.1, 0.15) is 24.0 Å². The molecule has 0 spiro atoms. The summed E-state index contributed by atoms with van der Waals surface area (Å²) in [5.41, 5.74) is 3.02. The molecule has 1 saturated carbocycles. The van der Waals surface area contributed by atoms with Crippen molar-refractivity contribution in [3.63, 3.8) is 0 Å². The number of aryl methyl sites for hydroxylation is 1. The van der Waals surface area contributed by atoms with Crippen molar-refractivity contribution >= 4 is 5.84 Å². The molecule has 0 aromatic heterocycles. The number of nitrogens with one attached hydrogen (secondary N) is 1. The van der Waals surface area contributed by atoms with Gasteiger partial charge in [-0.2, -0.15) is 0 Å². The monoisotopic (exact) mass is 200 g/mol. The summed E-state index contributed by atoms with van der Waals surface area (Å²) in [5.74, 6) is 1.23. The Balaban J connectivity index is 1.96. The smallest absolute Gasteiger partial charge is 0.107 e. The number of hydrogen-bond donors (Lipinski definition) is 1. The van der Waals surface area contributed by atoms with Crippen LogP contribution in [0, 0.1) is 6.92 Å². The minimum Gasteiger partial charge on any atom is -0.371 e. The van der Waals surface area contributed by atoms with Crippen LogP contribution in [-0.4, -0.2) is 18.9 Å². The third kappa shape index (κ3) is 1.36. The average molecular weight is 200 g/mol. The van der Waals surface area contributed by atoms with Crippen LogP contribution in [0.25, 0.3) is 0 Å². The van der Waals surface area contributed by atoms with Crippen molar-refractivity contribution in [2.24, 2.45) is 4.99 Å². The van der Waals surface area contributed by atoms with Gasteiger partial charge in [-0.25, -0.2) is 0 Å². The van der Waals surface area contributed by atoms with E-state index in [-0.39, 0.29) is 5.41 Å². The molecule has 0 bridgehead atoms. The SMILES string of the molecule is Cc1ccc(C2(C3=NCCN3)CC2)cc1. The van der Waals surface area contributed by atoms with E-state index in [9.17, 15) is 0 Å². The zero-order chi connectivity index (χ0) is 10.3. The van der Waals surface area contributed by atoms with Crippen LogP contribution >= 0.6 is 0 Å². The molecule has 3 rings (SSSR count). The van der Waals surface area contributed by atoms with Crippen molar-refractivity contribution in [1.82, 2.24) is 5.32 Å². The van der Waals surface area contributed by atoms with Crippen LogP contribution < -0.4 is 5.32 Å². The summed E-state index contributed by atoms with van der Waals surface area (Å²) < 4.78 is 0. The molecule has 1 aliphatic heterocycles. The van der Waals surface area contributed by atoms with Gasteiger partial charge in [-0.15, -0.1) is 0 Å². The van der Waals surface area contributed by atoms with Crippen LogP contribution in [0.5, 0.6) is 0 Å². The highest BCUT2D eigenvalue weighted by atomic mass is 15.1. The molecular formula is C13H16N2. The van der Waals surface area contributed by atoms with Gasteiger partial charge in [0, 0.05) is 6.54 Å². The first-order chi connectivity index (χ1) is 7.31. The Bertz CT molecular complexity index is 399. The zero-order valence-corrected chi connectivity index (χ0v) is 9.09. The first kappa shape index (κ1) is 8.96. The quantitative estimate of drug-likeness (QED) is 0.776. The molecule has 0 radical (unpaired) electrons. The number of nitrogens with zero attached hydrogens (tertiary/aromatic N) is 1. The topological polar surface area (TPSA) is 24.4 Å². The fourth-order valence-electron chi connectivity index (χ4n) is 2.38. The van der Waals surface area contributed by atoms with E-state index in [1.807, 2.05) is 0 Å². The molecule has 1 aromatic rings.